The van der Waals surface area contributed by atoms with Crippen LogP contribution in [0.3, 0.4) is 0 Å². The van der Waals surface area contributed by atoms with Gasteiger partial charge in [-0.2, -0.15) is 0 Å². The van der Waals surface area contributed by atoms with Gasteiger partial charge in [0.2, 0.25) is 0 Å². The van der Waals surface area contributed by atoms with Gasteiger partial charge in [-0.25, -0.2) is 0 Å². The molecule has 0 aromatic heterocycles. The van der Waals surface area contributed by atoms with Crippen LogP contribution in [0.4, 0.5) is 0 Å². The molecule has 0 aromatic rings. The summed E-state index contributed by atoms with van der Waals surface area (Å²) >= 11 is 0. The molecule has 0 N–H and O–H groups in total. The molecule has 478 valence electrons. The third kappa shape index (κ3) is 67.9. The topological polar surface area (TPSA) is 78.9 Å². The van der Waals surface area contributed by atoms with E-state index in [0.717, 1.165) is 83.5 Å². The first-order chi connectivity index (χ1) is 40.5. The van der Waals surface area contributed by atoms with Crippen LogP contribution in [0.15, 0.2) is 60.8 Å². The van der Waals surface area contributed by atoms with Crippen LogP contribution in [0.1, 0.15) is 387 Å². The first-order valence-corrected chi connectivity index (χ1v) is 36.3. The molecular weight excluding hydrogens is 1010 g/mol. The minimum Gasteiger partial charge on any atom is -0.462 e. The lowest BCUT2D eigenvalue weighted by atomic mass is 10.0. The first-order valence-electron chi connectivity index (χ1n) is 36.3. The summed E-state index contributed by atoms with van der Waals surface area (Å²) in [5, 5.41) is 0. The monoisotopic (exact) mass is 1150 g/mol. The molecule has 0 aliphatic carbocycles. The molecule has 6 heteroatoms. The molecule has 0 fully saturated rings. The summed E-state index contributed by atoms with van der Waals surface area (Å²) in [5.74, 6) is -0.864. The molecule has 1 atom stereocenters. The number of esters is 3. The Morgan fingerprint density at radius 1 is 0.244 bits per heavy atom. The molecular formula is C76H138O6. The number of allylic oxidation sites excluding steroid dienone is 10. The number of carbonyl (C=O) groups is 3. The second-order valence-corrected chi connectivity index (χ2v) is 24.5. The Morgan fingerprint density at radius 2 is 0.439 bits per heavy atom. The molecule has 0 aliphatic heterocycles. The summed E-state index contributed by atoms with van der Waals surface area (Å²) in [5.41, 5.74) is 0. The molecule has 6 nitrogen and oxygen atoms in total. The minimum atomic E-state index is -0.783. The summed E-state index contributed by atoms with van der Waals surface area (Å²) < 4.78 is 17.0. The number of ether oxygens (including phenoxy) is 3. The smallest absolute Gasteiger partial charge is 0.306 e. The lowest BCUT2D eigenvalue weighted by molar-refractivity contribution is -0.167. The van der Waals surface area contributed by atoms with Crippen LogP contribution in [-0.2, 0) is 28.6 Å². The van der Waals surface area contributed by atoms with Crippen LogP contribution in [0, 0.1) is 0 Å². The van der Waals surface area contributed by atoms with Crippen molar-refractivity contribution in [2.75, 3.05) is 13.2 Å². The fourth-order valence-electron chi connectivity index (χ4n) is 10.8. The van der Waals surface area contributed by atoms with Gasteiger partial charge in [-0.3, -0.25) is 14.4 Å². The highest BCUT2D eigenvalue weighted by Crippen LogP contribution is 2.18. The van der Waals surface area contributed by atoms with E-state index >= 15 is 0 Å². The second-order valence-electron chi connectivity index (χ2n) is 24.5. The third-order valence-corrected chi connectivity index (χ3v) is 16.2. The first kappa shape index (κ1) is 79.1. The standard InChI is InChI=1S/C76H138O6/c1-4-7-10-13-16-19-22-25-28-31-34-37-38-40-42-45-48-51-54-57-60-63-66-69-75(78)81-72-73(71-80-74(77)68-65-62-59-56-53-50-47-44-41-36-33-30-27-24-21-18-15-12-9-6-3)82-76(79)70-67-64-61-58-55-52-49-46-43-39-35-32-29-26-23-20-17-14-11-8-5-2/h22-23,25-26,31-32,34-35,43,46,73H,4-21,24,27-30,33,36-42,44-45,47-72H2,1-3H3/b25-22-,26-23-,34-31-,35-32-,46-43-. The molecule has 0 aromatic carbocycles. The maximum absolute atomic E-state index is 13.0. The van der Waals surface area contributed by atoms with Crippen molar-refractivity contribution in [2.45, 2.75) is 393 Å². The van der Waals surface area contributed by atoms with Crippen LogP contribution in [-0.4, -0.2) is 37.2 Å². The molecule has 0 aliphatic rings. The van der Waals surface area contributed by atoms with Gasteiger partial charge in [0.1, 0.15) is 13.2 Å². The van der Waals surface area contributed by atoms with Gasteiger partial charge in [-0.15, -0.1) is 0 Å². The second kappa shape index (κ2) is 70.6. The molecule has 0 radical (unpaired) electrons. The summed E-state index contributed by atoms with van der Waals surface area (Å²) in [7, 11) is 0. The van der Waals surface area contributed by atoms with Gasteiger partial charge in [-0.1, -0.05) is 338 Å². The van der Waals surface area contributed by atoms with E-state index in [9.17, 15) is 14.4 Å². The lowest BCUT2D eigenvalue weighted by Crippen LogP contribution is -2.30. The molecule has 82 heavy (non-hydrogen) atoms. The van der Waals surface area contributed by atoms with Crippen molar-refractivity contribution in [1.29, 1.82) is 0 Å². The molecule has 0 spiro atoms. The summed E-state index contributed by atoms with van der Waals surface area (Å²) in [6.07, 6.45) is 91.0. The third-order valence-electron chi connectivity index (χ3n) is 16.2. The Bertz CT molecular complexity index is 1460. The fourth-order valence-corrected chi connectivity index (χ4v) is 10.8. The Balaban J connectivity index is 4.36. The van der Waals surface area contributed by atoms with Crippen LogP contribution in [0.5, 0.6) is 0 Å². The Morgan fingerprint density at radius 3 is 0.683 bits per heavy atom. The van der Waals surface area contributed by atoms with Crippen molar-refractivity contribution in [3.63, 3.8) is 0 Å². The van der Waals surface area contributed by atoms with Crippen molar-refractivity contribution in [3.05, 3.63) is 60.8 Å². The largest absolute Gasteiger partial charge is 0.462 e. The summed E-state index contributed by atoms with van der Waals surface area (Å²) in [6.45, 7) is 6.68. The average Bonchev–Trinajstić information content (AvgIpc) is 3.47. The van der Waals surface area contributed by atoms with E-state index in [4.69, 9.17) is 14.2 Å². The molecule has 0 rings (SSSR count). The normalized spacial score (nSPS) is 12.4. The molecule has 0 saturated carbocycles. The highest BCUT2D eigenvalue weighted by molar-refractivity contribution is 5.71. The van der Waals surface area contributed by atoms with E-state index < -0.39 is 6.10 Å². The minimum absolute atomic E-state index is 0.0762. The number of carbonyl (C=O) groups excluding carboxylic acids is 3. The summed E-state index contributed by atoms with van der Waals surface area (Å²) in [6, 6.07) is 0. The molecule has 0 saturated heterocycles. The van der Waals surface area contributed by atoms with Crippen LogP contribution >= 0.6 is 0 Å². The van der Waals surface area contributed by atoms with Gasteiger partial charge < -0.3 is 14.2 Å². The molecule has 0 heterocycles. The average molecular weight is 1150 g/mol. The molecule has 1 unspecified atom stereocenters. The van der Waals surface area contributed by atoms with E-state index in [1.165, 1.54) is 263 Å². The van der Waals surface area contributed by atoms with Gasteiger partial charge in [0.25, 0.3) is 0 Å². The summed E-state index contributed by atoms with van der Waals surface area (Å²) in [4.78, 5) is 38.5. The van der Waals surface area contributed by atoms with Crippen molar-refractivity contribution < 1.29 is 28.6 Å². The number of hydrogen-bond donors (Lipinski definition) is 0. The van der Waals surface area contributed by atoms with Gasteiger partial charge in [0.15, 0.2) is 6.10 Å². The van der Waals surface area contributed by atoms with Crippen molar-refractivity contribution >= 4 is 17.9 Å². The molecule has 0 amide bonds. The van der Waals surface area contributed by atoms with E-state index in [1.54, 1.807) is 0 Å². The molecule has 0 bridgehead atoms. The van der Waals surface area contributed by atoms with Crippen molar-refractivity contribution in [1.82, 2.24) is 0 Å². The Hall–Kier alpha value is -2.89. The van der Waals surface area contributed by atoms with Crippen LogP contribution in [0.2, 0.25) is 0 Å². The van der Waals surface area contributed by atoms with Gasteiger partial charge >= 0.3 is 17.9 Å². The zero-order chi connectivity index (χ0) is 59.2. The SMILES string of the molecule is CCCCCCC/C=C\C/C=C\C/C=C\CCCCCCCCC(=O)OC(COC(=O)CCCCCCCCCCCCC/C=C\C/C=C\CCCCCCC)COC(=O)CCCCCCCCCCCCCCCCCCCCCC. The van der Waals surface area contributed by atoms with Crippen molar-refractivity contribution in [2.24, 2.45) is 0 Å². The zero-order valence-electron chi connectivity index (χ0n) is 55.0. The van der Waals surface area contributed by atoms with E-state index in [0.29, 0.717) is 19.3 Å². The predicted octanol–water partition coefficient (Wildman–Crippen LogP) is 25.1. The lowest BCUT2D eigenvalue weighted by Gasteiger charge is -2.18. The van der Waals surface area contributed by atoms with E-state index in [2.05, 4.69) is 81.5 Å². The van der Waals surface area contributed by atoms with E-state index in [-0.39, 0.29) is 31.1 Å². The van der Waals surface area contributed by atoms with Crippen LogP contribution in [0.25, 0.3) is 0 Å². The predicted molar refractivity (Wildman–Crippen MR) is 358 cm³/mol. The van der Waals surface area contributed by atoms with E-state index in [1.807, 2.05) is 0 Å². The van der Waals surface area contributed by atoms with Gasteiger partial charge in [0, 0.05) is 19.3 Å². The number of unbranched alkanes of at least 4 members (excludes halogenated alkanes) is 46. The maximum Gasteiger partial charge on any atom is 0.306 e. The van der Waals surface area contributed by atoms with Gasteiger partial charge in [-0.05, 0) is 89.9 Å². The number of rotatable bonds is 67. The highest BCUT2D eigenvalue weighted by Gasteiger charge is 2.19. The fraction of sp³-hybridized carbons (Fsp3) is 0.829. The van der Waals surface area contributed by atoms with Crippen LogP contribution < -0.4 is 0 Å². The Labute approximate surface area is 510 Å². The van der Waals surface area contributed by atoms with Crippen molar-refractivity contribution in [3.8, 4) is 0 Å². The van der Waals surface area contributed by atoms with Gasteiger partial charge in [0.05, 0.1) is 0 Å². The zero-order valence-corrected chi connectivity index (χ0v) is 55.0. The maximum atomic E-state index is 13.0. The Kier molecular flexibility index (Phi) is 68.1. The number of hydrogen-bond acceptors (Lipinski definition) is 6. The highest BCUT2D eigenvalue weighted by atomic mass is 16.6. The quantitative estimate of drug-likeness (QED) is 0.0261.